The van der Waals surface area contributed by atoms with Crippen molar-refractivity contribution in [2.24, 2.45) is 11.7 Å². The number of hydrogen-bond acceptors (Lipinski definition) is 2. The van der Waals surface area contributed by atoms with Crippen LogP contribution in [0.3, 0.4) is 0 Å². The summed E-state index contributed by atoms with van der Waals surface area (Å²) in [4.78, 5) is 0. The van der Waals surface area contributed by atoms with Crippen molar-refractivity contribution in [3.05, 3.63) is 0 Å². The molecular formula is C15H31NO. The molecule has 0 aromatic rings. The molecular weight excluding hydrogens is 210 g/mol. The quantitative estimate of drug-likeness (QED) is 0.687. The molecule has 0 bridgehead atoms. The van der Waals surface area contributed by atoms with E-state index in [9.17, 15) is 0 Å². The van der Waals surface area contributed by atoms with Crippen LogP contribution in [0.2, 0.25) is 0 Å². The second-order valence-corrected chi connectivity index (χ2v) is 5.92. The zero-order chi connectivity index (χ0) is 12.7. The van der Waals surface area contributed by atoms with E-state index in [2.05, 4.69) is 20.8 Å². The topological polar surface area (TPSA) is 35.2 Å². The highest BCUT2D eigenvalue weighted by molar-refractivity contribution is 4.82. The molecule has 0 saturated heterocycles. The minimum absolute atomic E-state index is 0.268. The first-order chi connectivity index (χ1) is 8.13. The maximum Gasteiger partial charge on any atom is 0.0732 e. The normalized spacial score (nSPS) is 31.4. The standard InChI is InChI=1S/C15H31NO/c1-4-5-6-7-8-13(3)17-15-11-12(2)9-10-14(15)16/h12-15H,4-11,16H2,1-3H3. The van der Waals surface area contributed by atoms with Crippen LogP contribution in [-0.2, 0) is 4.74 Å². The van der Waals surface area contributed by atoms with E-state index in [1.807, 2.05) is 0 Å². The smallest absolute Gasteiger partial charge is 0.0732 e. The summed E-state index contributed by atoms with van der Waals surface area (Å²) in [6.07, 6.45) is 10.7. The lowest BCUT2D eigenvalue weighted by Crippen LogP contribution is -2.43. The van der Waals surface area contributed by atoms with Crippen LogP contribution >= 0.6 is 0 Å². The fraction of sp³-hybridized carbons (Fsp3) is 1.00. The van der Waals surface area contributed by atoms with E-state index in [1.54, 1.807) is 0 Å². The minimum Gasteiger partial charge on any atom is -0.374 e. The molecule has 0 spiro atoms. The Labute approximate surface area is 107 Å². The Morgan fingerprint density at radius 1 is 1.24 bits per heavy atom. The van der Waals surface area contributed by atoms with Crippen LogP contribution in [0.15, 0.2) is 0 Å². The highest BCUT2D eigenvalue weighted by atomic mass is 16.5. The third-order valence-corrected chi connectivity index (χ3v) is 3.98. The Balaban J connectivity index is 2.17. The molecule has 17 heavy (non-hydrogen) atoms. The lowest BCUT2D eigenvalue weighted by atomic mass is 9.85. The van der Waals surface area contributed by atoms with Crippen molar-refractivity contribution in [3.8, 4) is 0 Å². The van der Waals surface area contributed by atoms with Gasteiger partial charge in [-0.1, -0.05) is 39.5 Å². The summed E-state index contributed by atoms with van der Waals surface area (Å²) in [5, 5.41) is 0. The molecule has 4 unspecified atom stereocenters. The Morgan fingerprint density at radius 3 is 2.71 bits per heavy atom. The van der Waals surface area contributed by atoms with Gasteiger partial charge in [0.15, 0.2) is 0 Å². The van der Waals surface area contributed by atoms with Crippen molar-refractivity contribution in [2.75, 3.05) is 0 Å². The van der Waals surface area contributed by atoms with E-state index in [-0.39, 0.29) is 6.04 Å². The van der Waals surface area contributed by atoms with Gasteiger partial charge >= 0.3 is 0 Å². The van der Waals surface area contributed by atoms with Gasteiger partial charge in [0, 0.05) is 6.04 Å². The molecule has 0 aromatic heterocycles. The van der Waals surface area contributed by atoms with Crippen molar-refractivity contribution in [3.63, 3.8) is 0 Å². The summed E-state index contributed by atoms with van der Waals surface area (Å²) in [6.45, 7) is 6.77. The van der Waals surface area contributed by atoms with Gasteiger partial charge in [0.2, 0.25) is 0 Å². The van der Waals surface area contributed by atoms with E-state index >= 15 is 0 Å². The second kappa shape index (κ2) is 8.10. The van der Waals surface area contributed by atoms with Gasteiger partial charge in [-0.2, -0.15) is 0 Å². The molecule has 2 heteroatoms. The molecule has 1 saturated carbocycles. The molecule has 1 aliphatic rings. The summed E-state index contributed by atoms with van der Waals surface area (Å²) < 4.78 is 6.13. The maximum atomic E-state index is 6.14. The van der Waals surface area contributed by atoms with Gasteiger partial charge in [-0.05, 0) is 38.5 Å². The van der Waals surface area contributed by atoms with Crippen LogP contribution in [0.4, 0.5) is 0 Å². The first-order valence-electron chi connectivity index (χ1n) is 7.54. The third kappa shape index (κ3) is 5.87. The average Bonchev–Trinajstić information content (AvgIpc) is 2.29. The number of nitrogens with two attached hydrogens (primary N) is 1. The first kappa shape index (κ1) is 15.0. The predicted octanol–water partition coefficient (Wildman–Crippen LogP) is 3.88. The highest BCUT2D eigenvalue weighted by Gasteiger charge is 2.27. The summed E-state index contributed by atoms with van der Waals surface area (Å²) in [6, 6.07) is 0.268. The maximum absolute atomic E-state index is 6.14. The summed E-state index contributed by atoms with van der Waals surface area (Å²) >= 11 is 0. The van der Waals surface area contributed by atoms with Crippen LogP contribution < -0.4 is 5.73 Å². The van der Waals surface area contributed by atoms with Crippen molar-refractivity contribution < 1.29 is 4.74 Å². The molecule has 0 radical (unpaired) electrons. The Morgan fingerprint density at radius 2 is 2.00 bits per heavy atom. The van der Waals surface area contributed by atoms with Gasteiger partial charge in [-0.15, -0.1) is 0 Å². The van der Waals surface area contributed by atoms with Crippen molar-refractivity contribution in [1.29, 1.82) is 0 Å². The number of ether oxygens (including phenoxy) is 1. The fourth-order valence-electron chi connectivity index (χ4n) is 2.73. The van der Waals surface area contributed by atoms with Gasteiger partial charge in [0.25, 0.3) is 0 Å². The highest BCUT2D eigenvalue weighted by Crippen LogP contribution is 2.26. The van der Waals surface area contributed by atoms with Gasteiger partial charge in [0.05, 0.1) is 12.2 Å². The van der Waals surface area contributed by atoms with Crippen molar-refractivity contribution in [2.45, 2.75) is 90.4 Å². The van der Waals surface area contributed by atoms with E-state index < -0.39 is 0 Å². The van der Waals surface area contributed by atoms with Crippen molar-refractivity contribution >= 4 is 0 Å². The Kier molecular flexibility index (Phi) is 7.14. The molecule has 0 aliphatic heterocycles. The third-order valence-electron chi connectivity index (χ3n) is 3.98. The molecule has 1 rings (SSSR count). The summed E-state index contributed by atoms with van der Waals surface area (Å²) in [7, 11) is 0. The Hall–Kier alpha value is -0.0800. The van der Waals surface area contributed by atoms with Gasteiger partial charge in [0.1, 0.15) is 0 Å². The van der Waals surface area contributed by atoms with E-state index in [1.165, 1.54) is 38.5 Å². The number of rotatable bonds is 7. The van der Waals surface area contributed by atoms with Crippen LogP contribution in [0.1, 0.15) is 72.1 Å². The van der Waals surface area contributed by atoms with E-state index in [0.29, 0.717) is 12.2 Å². The molecule has 0 aromatic carbocycles. The van der Waals surface area contributed by atoms with Gasteiger partial charge < -0.3 is 10.5 Å². The SMILES string of the molecule is CCCCCCC(C)OC1CC(C)CCC1N. The van der Waals surface area contributed by atoms with Crippen LogP contribution in [0.5, 0.6) is 0 Å². The monoisotopic (exact) mass is 241 g/mol. The molecule has 0 heterocycles. The predicted molar refractivity (Wildman–Crippen MR) is 74.1 cm³/mol. The Bertz CT molecular complexity index is 195. The lowest BCUT2D eigenvalue weighted by molar-refractivity contribution is -0.0445. The molecule has 1 fully saturated rings. The van der Waals surface area contributed by atoms with E-state index in [4.69, 9.17) is 10.5 Å². The molecule has 2 N–H and O–H groups in total. The first-order valence-corrected chi connectivity index (χ1v) is 7.54. The average molecular weight is 241 g/mol. The van der Waals surface area contributed by atoms with Crippen LogP contribution in [0, 0.1) is 5.92 Å². The number of unbranched alkanes of at least 4 members (excludes halogenated alkanes) is 3. The van der Waals surface area contributed by atoms with E-state index in [0.717, 1.165) is 18.8 Å². The summed E-state index contributed by atoms with van der Waals surface area (Å²) in [5.74, 6) is 0.784. The zero-order valence-corrected chi connectivity index (χ0v) is 12.0. The summed E-state index contributed by atoms with van der Waals surface area (Å²) in [5.41, 5.74) is 6.14. The van der Waals surface area contributed by atoms with Crippen LogP contribution in [-0.4, -0.2) is 18.2 Å². The molecule has 0 amide bonds. The molecule has 2 nitrogen and oxygen atoms in total. The molecule has 1 aliphatic carbocycles. The van der Waals surface area contributed by atoms with Gasteiger partial charge in [-0.25, -0.2) is 0 Å². The zero-order valence-electron chi connectivity index (χ0n) is 12.0. The molecule has 4 atom stereocenters. The van der Waals surface area contributed by atoms with Gasteiger partial charge in [-0.3, -0.25) is 0 Å². The largest absolute Gasteiger partial charge is 0.374 e. The molecule has 102 valence electrons. The van der Waals surface area contributed by atoms with Crippen LogP contribution in [0.25, 0.3) is 0 Å². The van der Waals surface area contributed by atoms with Crippen molar-refractivity contribution in [1.82, 2.24) is 0 Å². The number of hydrogen-bond donors (Lipinski definition) is 1. The fourth-order valence-corrected chi connectivity index (χ4v) is 2.73. The minimum atomic E-state index is 0.268. The lowest BCUT2D eigenvalue weighted by Gasteiger charge is -2.34. The second-order valence-electron chi connectivity index (χ2n) is 5.92.